The summed E-state index contributed by atoms with van der Waals surface area (Å²) in [4.78, 5) is 20.3. The first-order valence-corrected chi connectivity index (χ1v) is 5.30. The van der Waals surface area contributed by atoms with Crippen molar-refractivity contribution in [2.45, 2.75) is 0 Å². The predicted octanol–water partition coefficient (Wildman–Crippen LogP) is 1.62. The molecule has 19 heavy (non-hydrogen) atoms. The molecule has 0 saturated heterocycles. The van der Waals surface area contributed by atoms with E-state index in [1.807, 2.05) is 0 Å². The number of carboxylic acids is 1. The lowest BCUT2D eigenvalue weighted by Gasteiger charge is -1.96. The maximum absolute atomic E-state index is 10.5. The summed E-state index contributed by atoms with van der Waals surface area (Å²) in [6.45, 7) is 0. The molecule has 0 radical (unpaired) electrons. The van der Waals surface area contributed by atoms with Crippen LogP contribution in [0.1, 0.15) is 5.76 Å². The van der Waals surface area contributed by atoms with Gasteiger partial charge in [-0.3, -0.25) is 10.1 Å². The molecule has 0 unspecified atom stereocenters. The fourth-order valence-corrected chi connectivity index (χ4v) is 1.50. The maximum atomic E-state index is 10.5. The summed E-state index contributed by atoms with van der Waals surface area (Å²) in [5, 5.41) is 20.8. The zero-order valence-electron chi connectivity index (χ0n) is 9.61. The van der Waals surface area contributed by atoms with Crippen molar-refractivity contribution in [1.29, 1.82) is 0 Å². The number of hydrogen-bond donors (Lipinski definition) is 0. The van der Waals surface area contributed by atoms with Crippen LogP contribution in [0.3, 0.4) is 0 Å². The molecule has 0 aliphatic carbocycles. The Morgan fingerprint density at radius 3 is 2.42 bits per heavy atom. The second kappa shape index (κ2) is 5.18. The van der Waals surface area contributed by atoms with E-state index in [9.17, 15) is 20.0 Å². The van der Waals surface area contributed by atoms with Crippen LogP contribution in [0, 0.1) is 10.1 Å². The van der Waals surface area contributed by atoms with Gasteiger partial charge in [-0.05, 0) is 36.4 Å². The number of non-ortho nitro benzene ring substituents is 1. The highest BCUT2D eigenvalue weighted by atomic mass is 16.6. The van der Waals surface area contributed by atoms with E-state index in [4.69, 9.17) is 4.42 Å². The number of nitrogens with zero attached hydrogens (tertiary/aromatic N) is 1. The molecule has 0 spiro atoms. The lowest BCUT2D eigenvalue weighted by atomic mass is 10.1. The Morgan fingerprint density at radius 2 is 1.84 bits per heavy atom. The number of aliphatic carboxylic acids is 1. The van der Waals surface area contributed by atoms with Gasteiger partial charge < -0.3 is 14.3 Å². The minimum absolute atomic E-state index is 0.00706. The van der Waals surface area contributed by atoms with Gasteiger partial charge in [0.1, 0.15) is 11.5 Å². The summed E-state index contributed by atoms with van der Waals surface area (Å²) in [6, 6.07) is 9.10. The normalized spacial score (nSPS) is 10.7. The van der Waals surface area contributed by atoms with Gasteiger partial charge in [-0.1, -0.05) is 0 Å². The van der Waals surface area contributed by atoms with Gasteiger partial charge in [-0.15, -0.1) is 0 Å². The van der Waals surface area contributed by atoms with Crippen LogP contribution in [-0.2, 0) is 4.79 Å². The van der Waals surface area contributed by atoms with Crippen LogP contribution in [0.4, 0.5) is 5.69 Å². The van der Waals surface area contributed by atoms with E-state index in [-0.39, 0.29) is 5.69 Å². The fraction of sp³-hybridized carbons (Fsp3) is 0. The van der Waals surface area contributed by atoms with Crippen LogP contribution in [0.5, 0.6) is 0 Å². The van der Waals surface area contributed by atoms with Crippen molar-refractivity contribution in [3.05, 3.63) is 58.3 Å². The number of carbonyl (C=O) groups excluding carboxylic acids is 1. The largest absolute Gasteiger partial charge is 0.545 e. The maximum Gasteiger partial charge on any atom is 0.269 e. The number of nitro groups is 1. The number of carbonyl (C=O) groups is 1. The van der Waals surface area contributed by atoms with E-state index >= 15 is 0 Å². The molecule has 0 atom stereocenters. The van der Waals surface area contributed by atoms with Crippen molar-refractivity contribution >= 4 is 17.7 Å². The summed E-state index contributed by atoms with van der Waals surface area (Å²) in [7, 11) is 0. The highest BCUT2D eigenvalue weighted by molar-refractivity contribution is 5.83. The third-order valence-corrected chi connectivity index (χ3v) is 2.37. The van der Waals surface area contributed by atoms with Crippen LogP contribution in [-0.4, -0.2) is 10.9 Å². The van der Waals surface area contributed by atoms with Crippen LogP contribution >= 0.6 is 0 Å². The van der Waals surface area contributed by atoms with E-state index in [0.29, 0.717) is 17.1 Å². The Balaban J connectivity index is 2.23. The molecule has 0 saturated carbocycles. The van der Waals surface area contributed by atoms with E-state index in [1.165, 1.54) is 18.2 Å². The van der Waals surface area contributed by atoms with Crippen LogP contribution in [0.15, 0.2) is 46.9 Å². The van der Waals surface area contributed by atoms with Crippen molar-refractivity contribution < 1.29 is 19.2 Å². The summed E-state index contributed by atoms with van der Waals surface area (Å²) >= 11 is 0. The molecule has 6 nitrogen and oxygen atoms in total. The Hall–Kier alpha value is -2.89. The lowest BCUT2D eigenvalue weighted by molar-refractivity contribution is -0.384. The fourth-order valence-electron chi connectivity index (χ4n) is 1.50. The van der Waals surface area contributed by atoms with Crippen molar-refractivity contribution in [2.75, 3.05) is 0 Å². The standard InChI is InChI=1S/C13H9NO5/c15-13(16)8-6-11-5-7-12(19-11)9-1-3-10(4-2-9)14(17)18/h1-8H,(H,15,16)/p-1. The van der Waals surface area contributed by atoms with Gasteiger partial charge in [0, 0.05) is 17.7 Å². The summed E-state index contributed by atoms with van der Waals surface area (Å²) < 4.78 is 5.37. The van der Waals surface area contributed by atoms with Crippen LogP contribution < -0.4 is 5.11 Å². The molecular formula is C13H8NO5-. The van der Waals surface area contributed by atoms with Gasteiger partial charge in [-0.2, -0.15) is 0 Å². The number of carboxylic acid groups (broad SMARTS) is 1. The number of benzene rings is 1. The third kappa shape index (κ3) is 3.06. The van der Waals surface area contributed by atoms with E-state index < -0.39 is 10.9 Å². The molecule has 6 heteroatoms. The molecule has 0 fully saturated rings. The van der Waals surface area contributed by atoms with E-state index in [2.05, 4.69) is 0 Å². The highest BCUT2D eigenvalue weighted by Gasteiger charge is 2.07. The van der Waals surface area contributed by atoms with Gasteiger partial charge in [0.05, 0.1) is 10.9 Å². The molecule has 2 rings (SSSR count). The molecule has 0 aliphatic rings. The van der Waals surface area contributed by atoms with Crippen molar-refractivity contribution in [3.63, 3.8) is 0 Å². The summed E-state index contributed by atoms with van der Waals surface area (Å²) in [5.41, 5.74) is 0.658. The lowest BCUT2D eigenvalue weighted by Crippen LogP contribution is -2.18. The first-order chi connectivity index (χ1) is 9.06. The molecule has 96 valence electrons. The molecule has 0 amide bonds. The Labute approximate surface area is 107 Å². The molecule has 1 heterocycles. The first-order valence-electron chi connectivity index (χ1n) is 5.30. The van der Waals surface area contributed by atoms with E-state index in [0.717, 1.165) is 6.08 Å². The molecule has 1 aromatic heterocycles. The summed E-state index contributed by atoms with van der Waals surface area (Å²) in [6.07, 6.45) is 2.13. The second-order valence-electron chi connectivity index (χ2n) is 3.66. The molecule has 0 N–H and O–H groups in total. The zero-order valence-corrected chi connectivity index (χ0v) is 9.61. The number of hydrogen-bond acceptors (Lipinski definition) is 5. The monoisotopic (exact) mass is 258 g/mol. The molecule has 2 aromatic rings. The number of furan rings is 1. The first kappa shape index (κ1) is 12.6. The van der Waals surface area contributed by atoms with Gasteiger partial charge in [0.25, 0.3) is 5.69 Å². The minimum atomic E-state index is -1.31. The molecule has 0 aliphatic heterocycles. The smallest absolute Gasteiger partial charge is 0.269 e. The zero-order chi connectivity index (χ0) is 13.8. The Bertz CT molecular complexity index is 639. The average Bonchev–Trinajstić information content (AvgIpc) is 2.85. The summed E-state index contributed by atoms with van der Waals surface area (Å²) in [5.74, 6) is -0.460. The third-order valence-electron chi connectivity index (χ3n) is 2.37. The predicted molar refractivity (Wildman–Crippen MR) is 64.8 cm³/mol. The average molecular weight is 258 g/mol. The van der Waals surface area contributed by atoms with Gasteiger partial charge in [0.2, 0.25) is 0 Å². The highest BCUT2D eigenvalue weighted by Crippen LogP contribution is 2.24. The second-order valence-corrected chi connectivity index (χ2v) is 3.66. The number of nitro benzene ring substituents is 1. The van der Waals surface area contributed by atoms with Crippen molar-refractivity contribution in [2.24, 2.45) is 0 Å². The van der Waals surface area contributed by atoms with Gasteiger partial charge in [0.15, 0.2) is 0 Å². The quantitative estimate of drug-likeness (QED) is 0.471. The van der Waals surface area contributed by atoms with Gasteiger partial charge in [-0.25, -0.2) is 0 Å². The molecule has 0 bridgehead atoms. The Kier molecular flexibility index (Phi) is 3.42. The minimum Gasteiger partial charge on any atom is -0.545 e. The van der Waals surface area contributed by atoms with Crippen molar-refractivity contribution in [3.8, 4) is 11.3 Å². The van der Waals surface area contributed by atoms with Crippen LogP contribution in [0.2, 0.25) is 0 Å². The topological polar surface area (TPSA) is 96.4 Å². The van der Waals surface area contributed by atoms with E-state index in [1.54, 1.807) is 24.3 Å². The molecule has 1 aromatic carbocycles. The molecular weight excluding hydrogens is 250 g/mol. The Morgan fingerprint density at radius 1 is 1.16 bits per heavy atom. The van der Waals surface area contributed by atoms with Crippen LogP contribution in [0.25, 0.3) is 17.4 Å². The van der Waals surface area contributed by atoms with Crippen molar-refractivity contribution in [1.82, 2.24) is 0 Å². The number of rotatable bonds is 4. The van der Waals surface area contributed by atoms with Gasteiger partial charge >= 0.3 is 0 Å². The SMILES string of the molecule is O=C([O-])C=Cc1ccc(-c2ccc([N+](=O)[O-])cc2)o1.